The van der Waals surface area contributed by atoms with Crippen LogP contribution < -0.4 is 20.1 Å². The number of carbonyl (C=O) groups is 3. The maximum absolute atomic E-state index is 12.9. The molecule has 0 unspecified atom stereocenters. The molecule has 0 spiro atoms. The van der Waals surface area contributed by atoms with Crippen molar-refractivity contribution in [2.75, 3.05) is 6.79 Å². The van der Waals surface area contributed by atoms with Gasteiger partial charge in [-0.25, -0.2) is 9.18 Å². The van der Waals surface area contributed by atoms with Crippen molar-refractivity contribution in [1.82, 2.24) is 15.5 Å². The highest BCUT2D eigenvalue weighted by atomic mass is 19.1. The highest BCUT2D eigenvalue weighted by Gasteiger charge is 2.38. The Morgan fingerprint density at radius 1 is 1.10 bits per heavy atom. The van der Waals surface area contributed by atoms with Gasteiger partial charge in [-0.1, -0.05) is 18.2 Å². The summed E-state index contributed by atoms with van der Waals surface area (Å²) in [7, 11) is 0. The van der Waals surface area contributed by atoms with E-state index in [1.807, 2.05) is 0 Å². The fourth-order valence-electron chi connectivity index (χ4n) is 3.31. The summed E-state index contributed by atoms with van der Waals surface area (Å²) in [6, 6.07) is 9.82. The van der Waals surface area contributed by atoms with E-state index in [1.54, 1.807) is 30.3 Å². The fourth-order valence-corrected chi connectivity index (χ4v) is 3.31. The molecule has 2 aliphatic rings. The number of fused-ring (bicyclic) bond motifs is 1. The quantitative estimate of drug-likeness (QED) is 0.678. The van der Waals surface area contributed by atoms with Crippen molar-refractivity contribution in [2.45, 2.75) is 32.0 Å². The summed E-state index contributed by atoms with van der Waals surface area (Å²) >= 11 is 0. The number of hydrogen-bond acceptors (Lipinski definition) is 5. The molecule has 4 amide bonds. The van der Waals surface area contributed by atoms with E-state index in [9.17, 15) is 18.8 Å². The van der Waals surface area contributed by atoms with E-state index in [-0.39, 0.29) is 50.4 Å². The summed E-state index contributed by atoms with van der Waals surface area (Å²) < 4.78 is 23.5. The van der Waals surface area contributed by atoms with Crippen molar-refractivity contribution in [3.8, 4) is 11.5 Å². The number of urea groups is 1. The lowest BCUT2D eigenvalue weighted by Gasteiger charge is -2.13. The Bertz CT molecular complexity index is 979. The lowest BCUT2D eigenvalue weighted by atomic mass is 10.1. The predicted molar refractivity (Wildman–Crippen MR) is 103 cm³/mol. The van der Waals surface area contributed by atoms with E-state index >= 15 is 0 Å². The number of amides is 4. The van der Waals surface area contributed by atoms with E-state index in [1.165, 1.54) is 12.1 Å². The molecular formula is C21H20FN3O5. The van der Waals surface area contributed by atoms with Crippen LogP contribution in [0.1, 0.15) is 24.0 Å². The van der Waals surface area contributed by atoms with Crippen molar-refractivity contribution in [3.05, 3.63) is 59.4 Å². The average Bonchev–Trinajstić information content (AvgIpc) is 3.31. The maximum atomic E-state index is 12.9. The Hall–Kier alpha value is -3.62. The molecule has 9 heteroatoms. The largest absolute Gasteiger partial charge is 0.454 e. The molecule has 2 N–H and O–H groups in total. The molecule has 156 valence electrons. The monoisotopic (exact) mass is 413 g/mol. The number of carbonyl (C=O) groups excluding carboxylic acids is 3. The summed E-state index contributed by atoms with van der Waals surface area (Å²) in [4.78, 5) is 38.0. The Morgan fingerprint density at radius 3 is 2.63 bits per heavy atom. The first-order chi connectivity index (χ1) is 14.5. The van der Waals surface area contributed by atoms with Gasteiger partial charge in [0, 0.05) is 13.0 Å². The smallest absolute Gasteiger partial charge is 0.325 e. The normalized spacial score (nSPS) is 17.2. The minimum Gasteiger partial charge on any atom is -0.454 e. The molecule has 2 aromatic rings. The second-order valence-corrected chi connectivity index (χ2v) is 7.06. The van der Waals surface area contributed by atoms with Gasteiger partial charge >= 0.3 is 6.03 Å². The molecule has 1 saturated heterocycles. The topological polar surface area (TPSA) is 97.0 Å². The summed E-state index contributed by atoms with van der Waals surface area (Å²) in [5.41, 5.74) is 1.50. The van der Waals surface area contributed by atoms with Gasteiger partial charge < -0.3 is 20.1 Å². The molecular weight excluding hydrogens is 393 g/mol. The third-order valence-corrected chi connectivity index (χ3v) is 4.95. The minimum absolute atomic E-state index is 0.0791. The number of ether oxygens (including phenoxy) is 2. The Kier molecular flexibility index (Phi) is 5.51. The standard InChI is InChI=1S/C21H20FN3O5/c22-15-4-1-13(2-5-15)10-23-19(26)8-6-16-20(27)25(21(28)24-16)11-14-3-7-17-18(9-14)30-12-29-17/h1-5,7,9,16H,6,8,10-12H2,(H,23,26)(H,24,28)/t16-/m0/s1. The van der Waals surface area contributed by atoms with Crippen molar-refractivity contribution in [2.24, 2.45) is 0 Å². The van der Waals surface area contributed by atoms with Gasteiger partial charge in [0.2, 0.25) is 12.7 Å². The van der Waals surface area contributed by atoms with Crippen LogP contribution in [-0.2, 0) is 22.7 Å². The Labute approximate surface area is 171 Å². The van der Waals surface area contributed by atoms with Crippen molar-refractivity contribution >= 4 is 17.8 Å². The van der Waals surface area contributed by atoms with E-state index in [4.69, 9.17) is 9.47 Å². The van der Waals surface area contributed by atoms with Crippen LogP contribution in [0.3, 0.4) is 0 Å². The highest BCUT2D eigenvalue weighted by molar-refractivity contribution is 6.04. The molecule has 1 fully saturated rings. The zero-order valence-corrected chi connectivity index (χ0v) is 16.0. The van der Waals surface area contributed by atoms with Gasteiger partial charge in [-0.05, 0) is 41.8 Å². The molecule has 1 atom stereocenters. The van der Waals surface area contributed by atoms with Gasteiger partial charge in [-0.3, -0.25) is 14.5 Å². The van der Waals surface area contributed by atoms with Crippen molar-refractivity contribution < 1.29 is 28.2 Å². The average molecular weight is 413 g/mol. The fraction of sp³-hybridized carbons (Fsp3) is 0.286. The van der Waals surface area contributed by atoms with E-state index in [2.05, 4.69) is 10.6 Å². The van der Waals surface area contributed by atoms with Gasteiger partial charge in [-0.2, -0.15) is 0 Å². The van der Waals surface area contributed by atoms with E-state index in [0.717, 1.165) is 16.0 Å². The molecule has 2 aliphatic heterocycles. The number of halogens is 1. The molecule has 0 radical (unpaired) electrons. The second-order valence-electron chi connectivity index (χ2n) is 7.06. The molecule has 0 bridgehead atoms. The Balaban J connectivity index is 1.27. The number of nitrogens with zero attached hydrogens (tertiary/aromatic N) is 1. The summed E-state index contributed by atoms with van der Waals surface area (Å²) in [6.07, 6.45) is 0.271. The molecule has 8 nitrogen and oxygen atoms in total. The van der Waals surface area contributed by atoms with Gasteiger partial charge in [-0.15, -0.1) is 0 Å². The number of rotatable bonds is 7. The molecule has 2 aromatic carbocycles. The summed E-state index contributed by atoms with van der Waals surface area (Å²) in [5.74, 6) is 0.236. The number of imide groups is 1. The van der Waals surface area contributed by atoms with Crippen LogP contribution in [0.15, 0.2) is 42.5 Å². The first kappa shape index (κ1) is 19.7. The highest BCUT2D eigenvalue weighted by Crippen LogP contribution is 2.33. The maximum Gasteiger partial charge on any atom is 0.325 e. The van der Waals surface area contributed by atoms with Crippen LogP contribution in [0.4, 0.5) is 9.18 Å². The van der Waals surface area contributed by atoms with Crippen LogP contribution in [0, 0.1) is 5.82 Å². The molecule has 30 heavy (non-hydrogen) atoms. The van der Waals surface area contributed by atoms with Gasteiger partial charge in [0.05, 0.1) is 6.54 Å². The van der Waals surface area contributed by atoms with Gasteiger partial charge in [0.1, 0.15) is 11.9 Å². The van der Waals surface area contributed by atoms with Gasteiger partial charge in [0.15, 0.2) is 11.5 Å². The van der Waals surface area contributed by atoms with Crippen LogP contribution in [0.5, 0.6) is 11.5 Å². The van der Waals surface area contributed by atoms with E-state index in [0.29, 0.717) is 11.5 Å². The van der Waals surface area contributed by atoms with Gasteiger partial charge in [0.25, 0.3) is 5.91 Å². The molecule has 4 rings (SSSR count). The zero-order chi connectivity index (χ0) is 21.1. The van der Waals surface area contributed by atoms with Crippen LogP contribution in [-0.4, -0.2) is 35.6 Å². The third-order valence-electron chi connectivity index (χ3n) is 4.95. The number of nitrogens with one attached hydrogen (secondary N) is 2. The Morgan fingerprint density at radius 2 is 1.83 bits per heavy atom. The number of hydrogen-bond donors (Lipinski definition) is 2. The summed E-state index contributed by atoms with van der Waals surface area (Å²) in [5, 5.41) is 5.34. The lowest BCUT2D eigenvalue weighted by molar-refractivity contribution is -0.128. The predicted octanol–water partition coefficient (Wildman–Crippen LogP) is 2.07. The third kappa shape index (κ3) is 4.35. The first-order valence-electron chi connectivity index (χ1n) is 9.51. The lowest BCUT2D eigenvalue weighted by Crippen LogP contribution is -2.32. The molecule has 0 saturated carbocycles. The van der Waals surface area contributed by atoms with Crippen LogP contribution >= 0.6 is 0 Å². The van der Waals surface area contributed by atoms with Crippen molar-refractivity contribution in [1.29, 1.82) is 0 Å². The molecule has 0 aromatic heterocycles. The van der Waals surface area contributed by atoms with Crippen LogP contribution in [0.2, 0.25) is 0 Å². The minimum atomic E-state index is -0.747. The summed E-state index contributed by atoms with van der Waals surface area (Å²) in [6.45, 7) is 0.516. The van der Waals surface area contributed by atoms with E-state index < -0.39 is 12.1 Å². The number of benzene rings is 2. The SMILES string of the molecule is O=C(CC[C@@H]1NC(=O)N(Cc2ccc3c(c2)OCO3)C1=O)NCc1ccc(F)cc1. The van der Waals surface area contributed by atoms with Crippen LogP contribution in [0.25, 0.3) is 0 Å². The van der Waals surface area contributed by atoms with Crippen molar-refractivity contribution in [3.63, 3.8) is 0 Å². The zero-order valence-electron chi connectivity index (χ0n) is 16.0. The molecule has 0 aliphatic carbocycles. The first-order valence-corrected chi connectivity index (χ1v) is 9.51. The second kappa shape index (κ2) is 8.40. The molecule has 2 heterocycles.